The average molecular weight is 227 g/mol. The van der Waals surface area contributed by atoms with E-state index in [0.29, 0.717) is 5.69 Å². The Hall–Kier alpha value is -1.09. The molecule has 2 rings (SSSR count). The lowest BCUT2D eigenvalue weighted by Gasteiger charge is -2.13. The Morgan fingerprint density at radius 2 is 2.20 bits per heavy atom. The van der Waals surface area contributed by atoms with Crippen molar-refractivity contribution >= 4 is 23.1 Å². The molecule has 0 radical (unpaired) electrons. The van der Waals surface area contributed by atoms with E-state index in [-0.39, 0.29) is 5.02 Å². The van der Waals surface area contributed by atoms with Gasteiger partial charge in [0, 0.05) is 18.7 Å². The molecule has 0 unspecified atom stereocenters. The first-order chi connectivity index (χ1) is 7.25. The third-order valence-electron chi connectivity index (χ3n) is 2.33. The van der Waals surface area contributed by atoms with Crippen molar-refractivity contribution in [1.82, 2.24) is 0 Å². The van der Waals surface area contributed by atoms with Crippen molar-refractivity contribution in [3.05, 3.63) is 29.0 Å². The minimum absolute atomic E-state index is 0.145. The van der Waals surface area contributed by atoms with E-state index in [0.717, 1.165) is 31.6 Å². The third kappa shape index (κ3) is 2.69. The van der Waals surface area contributed by atoms with Gasteiger partial charge in [0.05, 0.1) is 5.02 Å². The maximum Gasteiger partial charge on any atom is 0.143 e. The molecule has 0 aromatic heterocycles. The van der Waals surface area contributed by atoms with Gasteiger partial charge >= 0.3 is 0 Å². The summed E-state index contributed by atoms with van der Waals surface area (Å²) in [5.41, 5.74) is 0.706. The fourth-order valence-electron chi connectivity index (χ4n) is 1.54. The largest absolute Gasteiger partial charge is 0.344 e. The van der Waals surface area contributed by atoms with Gasteiger partial charge in [-0.2, -0.15) is 0 Å². The molecule has 1 aliphatic heterocycles. The predicted octanol–water partition coefficient (Wildman–Crippen LogP) is 3.47. The Morgan fingerprint density at radius 3 is 2.87 bits per heavy atom. The second kappa shape index (κ2) is 4.62. The number of nitrogens with one attached hydrogen (secondary N) is 1. The summed E-state index contributed by atoms with van der Waals surface area (Å²) in [6, 6.07) is 4.69. The van der Waals surface area contributed by atoms with E-state index in [4.69, 9.17) is 11.6 Å². The Balaban J connectivity index is 2.10. The number of anilines is 1. The summed E-state index contributed by atoms with van der Waals surface area (Å²) < 4.78 is 13.1. The third-order valence-corrected chi connectivity index (χ3v) is 2.64. The van der Waals surface area contributed by atoms with Crippen molar-refractivity contribution in [3.63, 3.8) is 0 Å². The molecule has 1 N–H and O–H groups in total. The van der Waals surface area contributed by atoms with Crippen LogP contribution in [0.5, 0.6) is 0 Å². The second-order valence-corrected chi connectivity index (χ2v) is 3.95. The molecule has 1 heterocycles. The van der Waals surface area contributed by atoms with E-state index in [9.17, 15) is 4.39 Å². The number of aliphatic imine (C=N–C) groups is 1. The minimum atomic E-state index is -0.405. The first kappa shape index (κ1) is 10.4. The molecule has 0 saturated carbocycles. The van der Waals surface area contributed by atoms with Crippen LogP contribution < -0.4 is 5.32 Å². The van der Waals surface area contributed by atoms with Crippen LogP contribution in [-0.2, 0) is 0 Å². The first-order valence-electron chi connectivity index (χ1n) is 5.01. The molecule has 15 heavy (non-hydrogen) atoms. The van der Waals surface area contributed by atoms with Crippen LogP contribution in [0.25, 0.3) is 0 Å². The van der Waals surface area contributed by atoms with Crippen LogP contribution >= 0.6 is 11.6 Å². The summed E-state index contributed by atoms with van der Waals surface area (Å²) in [4.78, 5) is 4.33. The SMILES string of the molecule is Fc1cc(NC2=NCCCC2)ccc1Cl. The zero-order chi connectivity index (χ0) is 10.7. The van der Waals surface area contributed by atoms with E-state index < -0.39 is 5.82 Å². The number of benzene rings is 1. The lowest BCUT2D eigenvalue weighted by Crippen LogP contribution is -2.16. The van der Waals surface area contributed by atoms with E-state index >= 15 is 0 Å². The molecule has 0 spiro atoms. The van der Waals surface area contributed by atoms with Crippen LogP contribution in [0.2, 0.25) is 5.02 Å². The zero-order valence-corrected chi connectivity index (χ0v) is 9.02. The first-order valence-corrected chi connectivity index (χ1v) is 5.39. The van der Waals surface area contributed by atoms with Crippen LogP contribution in [0.15, 0.2) is 23.2 Å². The highest BCUT2D eigenvalue weighted by molar-refractivity contribution is 6.30. The number of nitrogens with zero attached hydrogens (tertiary/aromatic N) is 1. The summed E-state index contributed by atoms with van der Waals surface area (Å²) in [7, 11) is 0. The van der Waals surface area contributed by atoms with Gasteiger partial charge in [-0.3, -0.25) is 4.99 Å². The van der Waals surface area contributed by atoms with E-state index in [2.05, 4.69) is 10.3 Å². The van der Waals surface area contributed by atoms with Crippen LogP contribution in [0.4, 0.5) is 10.1 Å². The van der Waals surface area contributed by atoms with Crippen molar-refractivity contribution in [2.45, 2.75) is 19.3 Å². The van der Waals surface area contributed by atoms with Crippen LogP contribution in [0.1, 0.15) is 19.3 Å². The van der Waals surface area contributed by atoms with Crippen LogP contribution in [0, 0.1) is 5.82 Å². The molecule has 1 aliphatic rings. The van der Waals surface area contributed by atoms with E-state index in [1.54, 1.807) is 12.1 Å². The molecule has 1 aromatic carbocycles. The van der Waals surface area contributed by atoms with Gasteiger partial charge in [-0.1, -0.05) is 11.6 Å². The summed E-state index contributed by atoms with van der Waals surface area (Å²) in [6.07, 6.45) is 3.21. The highest BCUT2D eigenvalue weighted by Crippen LogP contribution is 2.19. The van der Waals surface area contributed by atoms with E-state index in [1.165, 1.54) is 6.07 Å². The molecule has 2 nitrogen and oxygen atoms in total. The Kier molecular flexibility index (Phi) is 3.21. The molecule has 0 amide bonds. The highest BCUT2D eigenvalue weighted by atomic mass is 35.5. The summed E-state index contributed by atoms with van der Waals surface area (Å²) in [6.45, 7) is 0.860. The highest BCUT2D eigenvalue weighted by Gasteiger charge is 2.06. The molecule has 0 bridgehead atoms. The summed E-state index contributed by atoms with van der Waals surface area (Å²) >= 11 is 5.59. The molecule has 4 heteroatoms. The predicted molar refractivity (Wildman–Crippen MR) is 61.2 cm³/mol. The molecule has 0 atom stereocenters. The number of rotatable bonds is 1. The maximum absolute atomic E-state index is 13.1. The van der Waals surface area contributed by atoms with E-state index in [1.807, 2.05) is 0 Å². The summed E-state index contributed by atoms with van der Waals surface area (Å²) in [5.74, 6) is 0.529. The number of hydrogen-bond donors (Lipinski definition) is 1. The fraction of sp³-hybridized carbons (Fsp3) is 0.364. The molecule has 0 aliphatic carbocycles. The van der Waals surface area contributed by atoms with Crippen molar-refractivity contribution in [1.29, 1.82) is 0 Å². The minimum Gasteiger partial charge on any atom is -0.344 e. The van der Waals surface area contributed by atoms with Gasteiger partial charge in [-0.05, 0) is 31.0 Å². The maximum atomic E-state index is 13.1. The number of hydrogen-bond acceptors (Lipinski definition) is 2. The smallest absolute Gasteiger partial charge is 0.143 e. The van der Waals surface area contributed by atoms with Crippen molar-refractivity contribution in [3.8, 4) is 0 Å². The van der Waals surface area contributed by atoms with Crippen molar-refractivity contribution < 1.29 is 4.39 Å². The summed E-state index contributed by atoms with van der Waals surface area (Å²) in [5, 5.41) is 3.24. The Bertz CT molecular complexity index is 390. The van der Waals surface area contributed by atoms with Gasteiger partial charge in [0.25, 0.3) is 0 Å². The van der Waals surface area contributed by atoms with Crippen LogP contribution in [-0.4, -0.2) is 12.4 Å². The Morgan fingerprint density at radius 1 is 1.33 bits per heavy atom. The van der Waals surface area contributed by atoms with Gasteiger partial charge in [0.1, 0.15) is 11.7 Å². The van der Waals surface area contributed by atoms with Gasteiger partial charge in [-0.25, -0.2) is 4.39 Å². The van der Waals surface area contributed by atoms with Crippen LogP contribution in [0.3, 0.4) is 0 Å². The van der Waals surface area contributed by atoms with Gasteiger partial charge < -0.3 is 5.32 Å². The van der Waals surface area contributed by atoms with Gasteiger partial charge in [-0.15, -0.1) is 0 Å². The standard InChI is InChI=1S/C11H12ClFN2/c12-9-5-4-8(7-10(9)13)15-11-3-1-2-6-14-11/h4-5,7H,1-3,6H2,(H,14,15). The topological polar surface area (TPSA) is 24.4 Å². The second-order valence-electron chi connectivity index (χ2n) is 3.54. The van der Waals surface area contributed by atoms with Gasteiger partial charge in [0.2, 0.25) is 0 Å². The quantitative estimate of drug-likeness (QED) is 0.779. The van der Waals surface area contributed by atoms with Gasteiger partial charge in [0.15, 0.2) is 0 Å². The van der Waals surface area contributed by atoms with Crippen molar-refractivity contribution in [2.75, 3.05) is 11.9 Å². The monoisotopic (exact) mass is 226 g/mol. The number of halogens is 2. The molecular formula is C11H12ClFN2. The molecule has 80 valence electrons. The fourth-order valence-corrected chi connectivity index (χ4v) is 1.66. The molecular weight excluding hydrogens is 215 g/mol. The Labute approximate surface area is 93.2 Å². The molecule has 0 saturated heterocycles. The zero-order valence-electron chi connectivity index (χ0n) is 8.26. The molecule has 0 fully saturated rings. The lowest BCUT2D eigenvalue weighted by molar-refractivity contribution is 0.629. The number of amidine groups is 1. The lowest BCUT2D eigenvalue weighted by atomic mass is 10.2. The molecule has 1 aromatic rings. The average Bonchev–Trinajstić information content (AvgIpc) is 2.25. The normalized spacial score (nSPS) is 16.0. The van der Waals surface area contributed by atoms with Crippen molar-refractivity contribution in [2.24, 2.45) is 4.99 Å².